The number of para-hydroxylation sites is 1. The number of nitrogens with one attached hydrogen (secondary N) is 1. The van der Waals surface area contributed by atoms with Crippen molar-refractivity contribution in [3.8, 4) is 5.75 Å². The molecule has 0 saturated heterocycles. The van der Waals surface area contributed by atoms with Gasteiger partial charge in [-0.1, -0.05) is 25.1 Å². The minimum absolute atomic E-state index is 0.878. The molecule has 0 radical (unpaired) electrons. The van der Waals surface area contributed by atoms with E-state index < -0.39 is 0 Å². The molecular weight excluding hydrogens is 248 g/mol. The van der Waals surface area contributed by atoms with Crippen LogP contribution in [-0.4, -0.2) is 20.7 Å². The molecule has 0 aromatic heterocycles. The molecule has 0 amide bonds. The third kappa shape index (κ3) is 3.31. The molecule has 0 aliphatic carbocycles. The van der Waals surface area contributed by atoms with E-state index in [0.717, 1.165) is 24.5 Å². The second-order valence-electron chi connectivity index (χ2n) is 4.67. The zero-order valence-electron chi connectivity index (χ0n) is 12.4. The summed E-state index contributed by atoms with van der Waals surface area (Å²) < 4.78 is 5.20. The highest BCUT2D eigenvalue weighted by molar-refractivity contribution is 5.66. The topological polar surface area (TPSA) is 24.5 Å². The van der Waals surface area contributed by atoms with Gasteiger partial charge in [-0.25, -0.2) is 0 Å². The van der Waals surface area contributed by atoms with Crippen molar-refractivity contribution in [1.29, 1.82) is 0 Å². The zero-order chi connectivity index (χ0) is 14.4. The Morgan fingerprint density at radius 1 is 1.05 bits per heavy atom. The number of ether oxygens (including phenoxy) is 1. The average Bonchev–Trinajstić information content (AvgIpc) is 2.52. The van der Waals surface area contributed by atoms with Crippen molar-refractivity contribution < 1.29 is 4.74 Å². The Kier molecular flexibility index (Phi) is 5.02. The molecule has 0 unspecified atom stereocenters. The Balaban J connectivity index is 2.24. The molecule has 0 aliphatic heterocycles. The fraction of sp³-hybridized carbons (Fsp3) is 0.294. The number of anilines is 2. The molecule has 2 aromatic carbocycles. The van der Waals surface area contributed by atoms with Crippen LogP contribution in [0.5, 0.6) is 5.75 Å². The van der Waals surface area contributed by atoms with Gasteiger partial charge in [0.25, 0.3) is 0 Å². The Morgan fingerprint density at radius 2 is 1.75 bits per heavy atom. The molecule has 2 aromatic rings. The number of hydrogen-bond donors (Lipinski definition) is 1. The molecule has 0 spiro atoms. The predicted molar refractivity (Wildman–Crippen MR) is 84.9 cm³/mol. The molecule has 0 saturated carbocycles. The van der Waals surface area contributed by atoms with Crippen LogP contribution in [0.4, 0.5) is 11.4 Å². The molecule has 0 atom stereocenters. The van der Waals surface area contributed by atoms with Crippen molar-refractivity contribution in [2.75, 3.05) is 25.6 Å². The Labute approximate surface area is 121 Å². The van der Waals surface area contributed by atoms with Gasteiger partial charge in [-0.3, -0.25) is 0 Å². The first-order valence-electron chi connectivity index (χ1n) is 6.92. The Bertz CT molecular complexity index is 537. The summed E-state index contributed by atoms with van der Waals surface area (Å²) in [5, 5.41) is 3.38. The summed E-state index contributed by atoms with van der Waals surface area (Å²) in [6.45, 7) is 3.98. The van der Waals surface area contributed by atoms with Crippen LogP contribution in [0.3, 0.4) is 0 Å². The van der Waals surface area contributed by atoms with E-state index in [9.17, 15) is 0 Å². The van der Waals surface area contributed by atoms with E-state index in [-0.39, 0.29) is 0 Å². The van der Waals surface area contributed by atoms with Crippen molar-refractivity contribution >= 4 is 11.4 Å². The van der Waals surface area contributed by atoms with E-state index in [2.05, 4.69) is 60.6 Å². The van der Waals surface area contributed by atoms with Gasteiger partial charge < -0.3 is 15.0 Å². The highest BCUT2D eigenvalue weighted by Gasteiger charge is 2.08. The first kappa shape index (κ1) is 14.4. The largest absolute Gasteiger partial charge is 0.497 e. The normalized spacial score (nSPS) is 10.3. The molecule has 2 rings (SSSR count). The maximum Gasteiger partial charge on any atom is 0.119 e. The summed E-state index contributed by atoms with van der Waals surface area (Å²) in [5.74, 6) is 0.878. The van der Waals surface area contributed by atoms with Gasteiger partial charge in [0, 0.05) is 25.0 Å². The molecular formula is C17H22N2O. The van der Waals surface area contributed by atoms with E-state index in [4.69, 9.17) is 4.74 Å². The average molecular weight is 270 g/mol. The Hall–Kier alpha value is -2.00. The Morgan fingerprint density at radius 3 is 2.40 bits per heavy atom. The second kappa shape index (κ2) is 6.96. The number of nitrogens with zero attached hydrogens (tertiary/aromatic N) is 1. The van der Waals surface area contributed by atoms with Crippen LogP contribution < -0.4 is 15.0 Å². The zero-order valence-corrected chi connectivity index (χ0v) is 12.4. The van der Waals surface area contributed by atoms with Crippen LogP contribution in [0.25, 0.3) is 0 Å². The fourth-order valence-electron chi connectivity index (χ4n) is 2.19. The van der Waals surface area contributed by atoms with E-state index in [1.54, 1.807) is 7.11 Å². The summed E-state index contributed by atoms with van der Waals surface area (Å²) in [6.07, 6.45) is 0. The van der Waals surface area contributed by atoms with Gasteiger partial charge in [0.2, 0.25) is 0 Å². The van der Waals surface area contributed by atoms with Crippen LogP contribution in [0.2, 0.25) is 0 Å². The summed E-state index contributed by atoms with van der Waals surface area (Å²) in [4.78, 5) is 2.20. The van der Waals surface area contributed by atoms with Crippen molar-refractivity contribution in [3.63, 3.8) is 0 Å². The van der Waals surface area contributed by atoms with Gasteiger partial charge in [0.1, 0.15) is 5.75 Å². The van der Waals surface area contributed by atoms with Crippen molar-refractivity contribution in [1.82, 2.24) is 5.32 Å². The first-order valence-corrected chi connectivity index (χ1v) is 6.92. The minimum Gasteiger partial charge on any atom is -0.497 e. The van der Waals surface area contributed by atoms with Crippen LogP contribution in [0.15, 0.2) is 48.5 Å². The van der Waals surface area contributed by atoms with Gasteiger partial charge in [-0.05, 0) is 42.4 Å². The van der Waals surface area contributed by atoms with Crippen LogP contribution in [0.1, 0.15) is 12.5 Å². The van der Waals surface area contributed by atoms with E-state index in [0.29, 0.717) is 0 Å². The molecule has 0 fully saturated rings. The molecule has 0 aliphatic rings. The molecule has 106 valence electrons. The summed E-state index contributed by atoms with van der Waals surface area (Å²) in [6, 6.07) is 16.6. The van der Waals surface area contributed by atoms with Gasteiger partial charge in [0.05, 0.1) is 7.11 Å². The van der Waals surface area contributed by atoms with Gasteiger partial charge in [-0.15, -0.1) is 0 Å². The van der Waals surface area contributed by atoms with Crippen LogP contribution >= 0.6 is 0 Å². The molecule has 0 bridgehead atoms. The van der Waals surface area contributed by atoms with E-state index >= 15 is 0 Å². The lowest BCUT2D eigenvalue weighted by atomic mass is 10.1. The van der Waals surface area contributed by atoms with Crippen LogP contribution in [-0.2, 0) is 6.54 Å². The lowest BCUT2D eigenvalue weighted by Gasteiger charge is -2.23. The molecule has 3 nitrogen and oxygen atoms in total. The molecule has 1 N–H and O–H groups in total. The first-order chi connectivity index (χ1) is 9.76. The molecule has 0 heterocycles. The van der Waals surface area contributed by atoms with Crippen molar-refractivity contribution in [3.05, 3.63) is 54.1 Å². The minimum atomic E-state index is 0.878. The predicted octanol–water partition coefficient (Wildman–Crippen LogP) is 3.57. The van der Waals surface area contributed by atoms with Gasteiger partial charge in [0.15, 0.2) is 0 Å². The van der Waals surface area contributed by atoms with Crippen molar-refractivity contribution in [2.24, 2.45) is 0 Å². The quantitative estimate of drug-likeness (QED) is 0.868. The number of hydrogen-bond acceptors (Lipinski definition) is 3. The standard InChI is InChI=1S/C17H22N2O/c1-4-18-13-14-7-5-6-8-17(14)19(2)15-9-11-16(20-3)12-10-15/h5-12,18H,4,13H2,1-3H3. The summed E-state index contributed by atoms with van der Waals surface area (Å²) >= 11 is 0. The second-order valence-corrected chi connectivity index (χ2v) is 4.67. The lowest BCUT2D eigenvalue weighted by molar-refractivity contribution is 0.415. The van der Waals surface area contributed by atoms with E-state index in [1.165, 1.54) is 11.3 Å². The fourth-order valence-corrected chi connectivity index (χ4v) is 2.19. The molecule has 3 heteroatoms. The summed E-state index contributed by atoms with van der Waals surface area (Å²) in [5.41, 5.74) is 3.67. The number of benzene rings is 2. The van der Waals surface area contributed by atoms with Gasteiger partial charge >= 0.3 is 0 Å². The highest BCUT2D eigenvalue weighted by Crippen LogP contribution is 2.28. The van der Waals surface area contributed by atoms with Gasteiger partial charge in [-0.2, -0.15) is 0 Å². The lowest BCUT2D eigenvalue weighted by Crippen LogP contribution is -2.17. The third-order valence-electron chi connectivity index (χ3n) is 3.38. The maximum absolute atomic E-state index is 5.20. The number of methoxy groups -OCH3 is 1. The maximum atomic E-state index is 5.20. The van der Waals surface area contributed by atoms with Crippen LogP contribution in [0, 0.1) is 0 Å². The monoisotopic (exact) mass is 270 g/mol. The van der Waals surface area contributed by atoms with Crippen molar-refractivity contribution in [2.45, 2.75) is 13.5 Å². The SMILES string of the molecule is CCNCc1ccccc1N(C)c1ccc(OC)cc1. The third-order valence-corrected chi connectivity index (χ3v) is 3.38. The number of rotatable bonds is 6. The van der Waals surface area contributed by atoms with E-state index in [1.807, 2.05) is 12.1 Å². The highest BCUT2D eigenvalue weighted by atomic mass is 16.5. The smallest absolute Gasteiger partial charge is 0.119 e. The summed E-state index contributed by atoms with van der Waals surface area (Å²) in [7, 11) is 3.77. The molecule has 20 heavy (non-hydrogen) atoms.